The first-order chi connectivity index (χ1) is 11.3. The Bertz CT molecular complexity index is 732. The van der Waals surface area contributed by atoms with Crippen LogP contribution >= 0.6 is 12.0 Å². The van der Waals surface area contributed by atoms with Gasteiger partial charge in [0.05, 0.1) is 13.5 Å². The van der Waals surface area contributed by atoms with E-state index in [4.69, 9.17) is 5.11 Å². The number of benzene rings is 2. The topological polar surface area (TPSA) is 58.4 Å². The van der Waals surface area contributed by atoms with Crippen LogP contribution in [-0.2, 0) is 16.0 Å². The van der Waals surface area contributed by atoms with Crippen molar-refractivity contribution in [2.24, 2.45) is 0 Å². The van der Waals surface area contributed by atoms with Crippen molar-refractivity contribution in [3.63, 3.8) is 0 Å². The lowest BCUT2D eigenvalue weighted by molar-refractivity contribution is -0.139. The van der Waals surface area contributed by atoms with Crippen LogP contribution in [0, 0.1) is 0 Å². The highest BCUT2D eigenvalue weighted by atomic mass is 32.2. The summed E-state index contributed by atoms with van der Waals surface area (Å²) in [6.45, 7) is 0. The van der Waals surface area contributed by atoms with Gasteiger partial charge in [0.15, 0.2) is 12.0 Å². The lowest BCUT2D eigenvalue weighted by Gasteiger charge is -2.09. The Labute approximate surface area is 140 Å². The number of carbonyl (C=O) groups is 1. The van der Waals surface area contributed by atoms with E-state index in [2.05, 4.69) is 8.92 Å². The van der Waals surface area contributed by atoms with E-state index < -0.39 is 17.6 Å². The summed E-state index contributed by atoms with van der Waals surface area (Å²) in [4.78, 5) is 11.3. The minimum atomic E-state index is -4.55. The molecule has 0 aliphatic carbocycles. The Hall–Kier alpha value is -2.35. The van der Waals surface area contributed by atoms with Crippen LogP contribution in [0.2, 0.25) is 0 Å². The molecule has 0 radical (unpaired) electrons. The quantitative estimate of drug-likeness (QED) is 0.459. The average molecular weight is 359 g/mol. The molecule has 128 valence electrons. The van der Waals surface area contributed by atoms with E-state index in [1.165, 1.54) is 19.2 Å². The molecule has 0 aromatic heterocycles. The summed E-state index contributed by atoms with van der Waals surface area (Å²) in [6, 6.07) is 11.3. The van der Waals surface area contributed by atoms with Crippen LogP contribution in [0.15, 0.2) is 42.5 Å². The molecule has 0 amide bonds. The van der Waals surface area contributed by atoms with Gasteiger partial charge in [-0.05, 0) is 28.8 Å². The Morgan fingerprint density at radius 3 is 2.54 bits per heavy atom. The first kappa shape index (κ1) is 18.0. The second-order valence-corrected chi connectivity index (χ2v) is 5.57. The summed E-state index contributed by atoms with van der Waals surface area (Å²) in [7, 11) is 1.29. The first-order valence-corrected chi connectivity index (χ1v) is 7.47. The van der Waals surface area contributed by atoms with E-state index in [-0.39, 0.29) is 23.9 Å². The summed E-state index contributed by atoms with van der Waals surface area (Å²) >= 11 is -0.662. The summed E-state index contributed by atoms with van der Waals surface area (Å²) in [5, 5.41) is 7.63. The van der Waals surface area contributed by atoms with Crippen LogP contribution in [0.3, 0.4) is 0 Å². The van der Waals surface area contributed by atoms with Crippen LogP contribution in [0.4, 0.5) is 13.2 Å². The minimum Gasteiger partial charge on any atom is -0.591 e. The Kier molecular flexibility index (Phi) is 5.61. The van der Waals surface area contributed by atoms with Gasteiger partial charge in [-0.3, -0.25) is 4.79 Å². The van der Waals surface area contributed by atoms with E-state index >= 15 is 0 Å². The van der Waals surface area contributed by atoms with Crippen LogP contribution in [0.1, 0.15) is 5.56 Å². The van der Waals surface area contributed by atoms with E-state index in [0.717, 1.165) is 0 Å². The summed E-state index contributed by atoms with van der Waals surface area (Å²) < 4.78 is 45.9. The molecule has 0 heterocycles. The van der Waals surface area contributed by atoms with Gasteiger partial charge in [0.2, 0.25) is 5.75 Å². The van der Waals surface area contributed by atoms with Crippen LogP contribution in [0.5, 0.6) is 11.5 Å². The highest BCUT2D eigenvalue weighted by Gasteiger charge is 2.32. The zero-order chi connectivity index (χ0) is 17.7. The molecule has 0 fully saturated rings. The number of hydrogen-bond acceptors (Lipinski definition) is 4. The summed E-state index contributed by atoms with van der Waals surface area (Å²) in [5.74, 6) is -0.728. The zero-order valence-electron chi connectivity index (χ0n) is 12.5. The van der Waals surface area contributed by atoms with Crippen molar-refractivity contribution >= 4 is 18.0 Å². The highest BCUT2D eigenvalue weighted by molar-refractivity contribution is 7.95. The number of carbonyl (C=O) groups excluding carboxylic acids is 1. The molecule has 4 nitrogen and oxygen atoms in total. The lowest BCUT2D eigenvalue weighted by atomic mass is 10.0. The maximum absolute atomic E-state index is 12.2. The Balaban J connectivity index is 2.26. The van der Waals surface area contributed by atoms with Crippen molar-refractivity contribution in [3.8, 4) is 22.6 Å². The monoisotopic (exact) mass is 359 g/mol. The molecule has 0 saturated carbocycles. The predicted molar refractivity (Wildman–Crippen MR) is 84.9 cm³/mol. The molecule has 24 heavy (non-hydrogen) atoms. The van der Waals surface area contributed by atoms with Gasteiger partial charge in [-0.25, -0.2) is 0 Å². The smallest absolute Gasteiger partial charge is 0.479 e. The van der Waals surface area contributed by atoms with Crippen molar-refractivity contribution in [2.45, 2.75) is 11.9 Å². The van der Waals surface area contributed by atoms with Gasteiger partial charge in [0, 0.05) is 6.07 Å². The molecule has 0 spiro atoms. The van der Waals surface area contributed by atoms with Gasteiger partial charge in [-0.1, -0.05) is 24.3 Å². The standard InChI is InChI=1S/C16H13F3O4S/c1-22-15(21)8-10-3-2-4-11(7-10)12-5-6-13(20)14(9-12)23-24-16(17,18)19/h2-7,9,20H,8H2,1H3/p+1. The van der Waals surface area contributed by atoms with Crippen LogP contribution < -0.4 is 4.18 Å². The number of hydrogen-bond donors (Lipinski definition) is 0. The third-order valence-corrected chi connectivity index (χ3v) is 3.50. The Morgan fingerprint density at radius 1 is 1.17 bits per heavy atom. The van der Waals surface area contributed by atoms with Crippen molar-refractivity contribution in [3.05, 3.63) is 48.0 Å². The van der Waals surface area contributed by atoms with Crippen molar-refractivity contribution < 1.29 is 32.0 Å². The van der Waals surface area contributed by atoms with E-state index in [0.29, 0.717) is 16.7 Å². The normalized spacial score (nSPS) is 11.2. The molecule has 2 aromatic rings. The number of esters is 1. The molecular formula is C16H14F3O4S+. The SMILES string of the molecule is COC(=O)Cc1cccc(-c2ccc([OH2+])c(OSC(F)(F)F)c2)c1. The molecule has 0 unspecified atom stereocenters. The van der Waals surface area contributed by atoms with Gasteiger partial charge in [-0.2, -0.15) is 13.2 Å². The van der Waals surface area contributed by atoms with E-state index in [1.807, 2.05) is 0 Å². The molecule has 0 bridgehead atoms. The molecule has 2 N–H and O–H groups in total. The van der Waals surface area contributed by atoms with E-state index in [1.54, 1.807) is 30.3 Å². The molecule has 0 aliphatic heterocycles. The molecule has 0 saturated heterocycles. The fourth-order valence-electron chi connectivity index (χ4n) is 1.96. The van der Waals surface area contributed by atoms with Crippen LogP contribution in [0.25, 0.3) is 11.1 Å². The second kappa shape index (κ2) is 7.48. The number of ether oxygens (including phenoxy) is 1. The first-order valence-electron chi connectivity index (χ1n) is 6.72. The molecule has 0 atom stereocenters. The minimum absolute atomic E-state index is 0.0914. The molecular weight excluding hydrogens is 345 g/mol. The van der Waals surface area contributed by atoms with Gasteiger partial charge < -0.3 is 14.0 Å². The molecule has 2 aromatic carbocycles. The van der Waals surface area contributed by atoms with Crippen LogP contribution in [-0.4, -0.2) is 23.7 Å². The lowest BCUT2D eigenvalue weighted by Crippen LogP contribution is -2.04. The summed E-state index contributed by atoms with van der Waals surface area (Å²) in [6.07, 6.45) is 0.0914. The largest absolute Gasteiger partial charge is 0.591 e. The van der Waals surface area contributed by atoms with E-state index in [9.17, 15) is 18.0 Å². The maximum atomic E-state index is 12.2. The third-order valence-electron chi connectivity index (χ3n) is 3.04. The third kappa shape index (κ3) is 5.09. The fourth-order valence-corrected chi connectivity index (χ4v) is 2.28. The van der Waals surface area contributed by atoms with Gasteiger partial charge in [-0.15, -0.1) is 0 Å². The number of rotatable bonds is 5. The zero-order valence-corrected chi connectivity index (χ0v) is 13.3. The van der Waals surface area contributed by atoms with Crippen molar-refractivity contribution in [1.29, 1.82) is 0 Å². The fraction of sp³-hybridized carbons (Fsp3) is 0.188. The average Bonchev–Trinajstić information content (AvgIpc) is 2.53. The molecule has 0 aliphatic rings. The van der Waals surface area contributed by atoms with Gasteiger partial charge in [0.25, 0.3) is 5.75 Å². The van der Waals surface area contributed by atoms with Crippen molar-refractivity contribution in [2.75, 3.05) is 7.11 Å². The number of alkyl halides is 3. The number of halogens is 3. The molecule has 8 heteroatoms. The Morgan fingerprint density at radius 2 is 1.88 bits per heavy atom. The van der Waals surface area contributed by atoms with Gasteiger partial charge >= 0.3 is 11.5 Å². The molecule has 2 rings (SSSR count). The number of methoxy groups -OCH3 is 1. The highest BCUT2D eigenvalue weighted by Crippen LogP contribution is 2.38. The maximum Gasteiger partial charge on any atom is 0.479 e. The van der Waals surface area contributed by atoms with Gasteiger partial charge in [0.1, 0.15) is 0 Å². The second-order valence-electron chi connectivity index (χ2n) is 4.78. The van der Waals surface area contributed by atoms with Crippen molar-refractivity contribution in [1.82, 2.24) is 0 Å². The summed E-state index contributed by atoms with van der Waals surface area (Å²) in [5.41, 5.74) is -2.57. The predicted octanol–water partition coefficient (Wildman–Crippen LogP) is 4.05.